The van der Waals surface area contributed by atoms with Crippen molar-refractivity contribution >= 4 is 35.3 Å². The molecule has 3 heteroatoms. The molecule has 0 bridgehead atoms. The number of hydrogen-bond donors (Lipinski definition) is 1. The van der Waals surface area contributed by atoms with Crippen LogP contribution in [0.4, 0.5) is 0 Å². The van der Waals surface area contributed by atoms with E-state index < -0.39 is 0 Å². The fourth-order valence-corrected chi connectivity index (χ4v) is 2.76. The molecule has 2 aromatic heterocycles. The van der Waals surface area contributed by atoms with Gasteiger partial charge in [0.2, 0.25) is 0 Å². The van der Waals surface area contributed by atoms with Crippen molar-refractivity contribution in [3.05, 3.63) is 28.3 Å². The molecule has 0 N–H and O–H groups in total. The fraction of sp³-hybridized carbons (Fsp3) is 0. The summed E-state index contributed by atoms with van der Waals surface area (Å²) in [7, 11) is 0. The van der Waals surface area contributed by atoms with Crippen LogP contribution in [0.25, 0.3) is 10.4 Å². The first-order valence-corrected chi connectivity index (χ1v) is 5.43. The highest BCUT2D eigenvalue weighted by atomic mass is 32.1. The second-order valence-corrected chi connectivity index (χ2v) is 4.39. The summed E-state index contributed by atoms with van der Waals surface area (Å²) >= 11 is 7.71. The van der Waals surface area contributed by atoms with E-state index in [2.05, 4.69) is 40.9 Å². The molecule has 2 aromatic rings. The third kappa shape index (κ3) is 1.50. The van der Waals surface area contributed by atoms with Gasteiger partial charge in [0.25, 0.3) is 0 Å². The first-order chi connectivity index (χ1) is 5.36. The maximum absolute atomic E-state index is 4.25. The zero-order valence-corrected chi connectivity index (χ0v) is 8.18. The van der Waals surface area contributed by atoms with Gasteiger partial charge in [-0.3, -0.25) is 0 Å². The minimum Gasteiger partial charge on any atom is -0.152 e. The monoisotopic (exact) mass is 198 g/mol. The zero-order valence-electron chi connectivity index (χ0n) is 5.65. The predicted molar refractivity (Wildman–Crippen MR) is 54.9 cm³/mol. The number of thiol groups is 1. The molecule has 0 spiro atoms. The van der Waals surface area contributed by atoms with E-state index in [9.17, 15) is 0 Å². The predicted octanol–water partition coefficient (Wildman–Crippen LogP) is 3.77. The van der Waals surface area contributed by atoms with Crippen molar-refractivity contribution in [1.29, 1.82) is 0 Å². The van der Waals surface area contributed by atoms with Crippen molar-refractivity contribution in [2.75, 3.05) is 0 Å². The number of thiophene rings is 2. The normalized spacial score (nSPS) is 10.3. The standard InChI is InChI=1S/C8H6S3/c9-7-3-8(11-5-7)6-1-2-10-4-6/h1-5,9H. The van der Waals surface area contributed by atoms with Crippen LogP contribution in [0.3, 0.4) is 0 Å². The third-order valence-corrected chi connectivity index (χ3v) is 3.49. The molecule has 2 rings (SSSR count). The molecule has 0 unspecified atom stereocenters. The molecular formula is C8H6S3. The van der Waals surface area contributed by atoms with E-state index in [0.29, 0.717) is 0 Å². The molecule has 0 radical (unpaired) electrons. The van der Waals surface area contributed by atoms with Crippen LogP contribution in [0.1, 0.15) is 0 Å². The molecular weight excluding hydrogens is 192 g/mol. The lowest BCUT2D eigenvalue weighted by molar-refractivity contribution is 1.61. The highest BCUT2D eigenvalue weighted by Gasteiger charge is 1.99. The van der Waals surface area contributed by atoms with E-state index >= 15 is 0 Å². The first-order valence-electron chi connectivity index (χ1n) is 3.16. The molecule has 0 amide bonds. The third-order valence-electron chi connectivity index (χ3n) is 1.39. The molecule has 0 aromatic carbocycles. The van der Waals surface area contributed by atoms with E-state index in [0.717, 1.165) is 4.90 Å². The Labute approximate surface area is 78.9 Å². The summed E-state index contributed by atoms with van der Waals surface area (Å²) in [6, 6.07) is 4.22. The van der Waals surface area contributed by atoms with Gasteiger partial charge in [-0.05, 0) is 22.9 Å². The van der Waals surface area contributed by atoms with Crippen LogP contribution in [-0.4, -0.2) is 0 Å². The van der Waals surface area contributed by atoms with E-state index in [1.165, 1.54) is 10.4 Å². The highest BCUT2D eigenvalue weighted by molar-refractivity contribution is 7.80. The first kappa shape index (κ1) is 7.40. The van der Waals surface area contributed by atoms with E-state index in [4.69, 9.17) is 0 Å². The van der Waals surface area contributed by atoms with Gasteiger partial charge in [0.1, 0.15) is 0 Å². The van der Waals surface area contributed by atoms with E-state index in [-0.39, 0.29) is 0 Å². The summed E-state index contributed by atoms with van der Waals surface area (Å²) in [6.07, 6.45) is 0. The van der Waals surface area contributed by atoms with Crippen LogP contribution >= 0.6 is 35.3 Å². The van der Waals surface area contributed by atoms with Crippen LogP contribution in [0.5, 0.6) is 0 Å². The molecule has 0 atom stereocenters. The zero-order chi connectivity index (χ0) is 7.68. The summed E-state index contributed by atoms with van der Waals surface area (Å²) in [5.41, 5.74) is 1.31. The summed E-state index contributed by atoms with van der Waals surface area (Å²) in [5, 5.41) is 6.29. The average Bonchev–Trinajstić information content (AvgIpc) is 2.55. The lowest BCUT2D eigenvalue weighted by atomic mass is 10.3. The minimum absolute atomic E-state index is 1.05. The summed E-state index contributed by atoms with van der Waals surface area (Å²) < 4.78 is 0. The van der Waals surface area contributed by atoms with Crippen LogP contribution in [0.15, 0.2) is 33.2 Å². The Morgan fingerprint density at radius 3 is 2.73 bits per heavy atom. The molecule has 0 aliphatic carbocycles. The van der Waals surface area contributed by atoms with Crippen LogP contribution < -0.4 is 0 Å². The maximum Gasteiger partial charge on any atom is 0.0362 e. The molecule has 56 valence electrons. The van der Waals surface area contributed by atoms with Gasteiger partial charge >= 0.3 is 0 Å². The van der Waals surface area contributed by atoms with Gasteiger partial charge in [0.15, 0.2) is 0 Å². The van der Waals surface area contributed by atoms with Gasteiger partial charge in [-0.1, -0.05) is 0 Å². The highest BCUT2D eigenvalue weighted by Crippen LogP contribution is 2.29. The van der Waals surface area contributed by atoms with Crippen LogP contribution in [0.2, 0.25) is 0 Å². The quantitative estimate of drug-likeness (QED) is 0.663. The van der Waals surface area contributed by atoms with Crippen LogP contribution in [0, 0.1) is 0 Å². The van der Waals surface area contributed by atoms with E-state index in [1.54, 1.807) is 22.7 Å². The summed E-state index contributed by atoms with van der Waals surface area (Å²) in [4.78, 5) is 2.35. The summed E-state index contributed by atoms with van der Waals surface area (Å²) in [6.45, 7) is 0. The second kappa shape index (κ2) is 3.01. The SMILES string of the molecule is Sc1csc(-c2ccsc2)c1. The molecule has 0 saturated carbocycles. The molecule has 0 aliphatic rings. The molecule has 0 saturated heterocycles. The Morgan fingerprint density at radius 1 is 1.27 bits per heavy atom. The largest absolute Gasteiger partial charge is 0.152 e. The Balaban J connectivity index is 2.45. The Morgan fingerprint density at radius 2 is 2.18 bits per heavy atom. The van der Waals surface area contributed by atoms with E-state index in [1.807, 2.05) is 0 Å². The molecule has 2 heterocycles. The van der Waals surface area contributed by atoms with Gasteiger partial charge < -0.3 is 0 Å². The maximum atomic E-state index is 4.25. The second-order valence-electron chi connectivity index (χ2n) is 2.18. The Bertz CT molecular complexity index is 332. The van der Waals surface area contributed by atoms with Crippen molar-refractivity contribution in [2.24, 2.45) is 0 Å². The Hall–Kier alpha value is -0.250. The van der Waals surface area contributed by atoms with Crippen molar-refractivity contribution < 1.29 is 0 Å². The lowest BCUT2D eigenvalue weighted by Gasteiger charge is -1.85. The van der Waals surface area contributed by atoms with Gasteiger partial charge in [-0.2, -0.15) is 11.3 Å². The smallest absolute Gasteiger partial charge is 0.0362 e. The fourth-order valence-electron chi connectivity index (χ4n) is 0.882. The van der Waals surface area contributed by atoms with Gasteiger partial charge in [-0.15, -0.1) is 24.0 Å². The van der Waals surface area contributed by atoms with Gasteiger partial charge in [0, 0.05) is 20.7 Å². The molecule has 0 aliphatic heterocycles. The average molecular weight is 198 g/mol. The van der Waals surface area contributed by atoms with Crippen molar-refractivity contribution in [1.82, 2.24) is 0 Å². The minimum atomic E-state index is 1.05. The molecule has 0 nitrogen and oxygen atoms in total. The van der Waals surface area contributed by atoms with Crippen molar-refractivity contribution in [2.45, 2.75) is 4.90 Å². The summed E-state index contributed by atoms with van der Waals surface area (Å²) in [5.74, 6) is 0. The molecule has 0 fully saturated rings. The van der Waals surface area contributed by atoms with Gasteiger partial charge in [0.05, 0.1) is 0 Å². The van der Waals surface area contributed by atoms with Crippen molar-refractivity contribution in [3.63, 3.8) is 0 Å². The van der Waals surface area contributed by atoms with Crippen LogP contribution in [-0.2, 0) is 0 Å². The van der Waals surface area contributed by atoms with Crippen molar-refractivity contribution in [3.8, 4) is 10.4 Å². The topological polar surface area (TPSA) is 0 Å². The molecule has 11 heavy (non-hydrogen) atoms. The van der Waals surface area contributed by atoms with Gasteiger partial charge in [-0.25, -0.2) is 0 Å². The number of rotatable bonds is 1. The number of hydrogen-bond acceptors (Lipinski definition) is 3. The lowest BCUT2D eigenvalue weighted by Crippen LogP contribution is -1.59. The Kier molecular flexibility index (Phi) is 2.02.